The molecule has 0 saturated carbocycles. The summed E-state index contributed by atoms with van der Waals surface area (Å²) in [7, 11) is -4.08. The van der Waals surface area contributed by atoms with Gasteiger partial charge in [0.1, 0.15) is 17.5 Å². The average Bonchev–Trinajstić information content (AvgIpc) is 3.18. The third-order valence-corrected chi connectivity index (χ3v) is 6.59. The van der Waals surface area contributed by atoms with Gasteiger partial charge < -0.3 is 4.52 Å². The van der Waals surface area contributed by atoms with Crippen molar-refractivity contribution in [3.8, 4) is 11.4 Å². The van der Waals surface area contributed by atoms with E-state index in [4.69, 9.17) is 4.52 Å². The van der Waals surface area contributed by atoms with E-state index in [9.17, 15) is 21.6 Å². The van der Waals surface area contributed by atoms with Crippen molar-refractivity contribution < 1.29 is 26.1 Å². The van der Waals surface area contributed by atoms with E-state index >= 15 is 0 Å². The number of halogens is 3. The Morgan fingerprint density at radius 3 is 2.38 bits per heavy atom. The number of aromatic nitrogens is 2. The zero-order chi connectivity index (χ0) is 20.6. The van der Waals surface area contributed by atoms with E-state index in [0.717, 1.165) is 16.4 Å². The Hall–Kier alpha value is -2.72. The van der Waals surface area contributed by atoms with Crippen molar-refractivity contribution in [3.63, 3.8) is 0 Å². The Balaban J connectivity index is 1.56. The summed E-state index contributed by atoms with van der Waals surface area (Å²) in [5.41, 5.74) is 0.567. The van der Waals surface area contributed by atoms with Crippen LogP contribution in [0.2, 0.25) is 0 Å². The highest BCUT2D eigenvalue weighted by Crippen LogP contribution is 2.31. The molecule has 0 bridgehead atoms. The second kappa shape index (κ2) is 7.60. The minimum Gasteiger partial charge on any atom is -0.339 e. The molecule has 2 aromatic carbocycles. The molecular formula is C19H16F3N3O3S. The predicted octanol–water partition coefficient (Wildman–Crippen LogP) is 3.72. The molecule has 3 aromatic rings. The summed E-state index contributed by atoms with van der Waals surface area (Å²) < 4.78 is 72.1. The first-order valence-electron chi connectivity index (χ1n) is 8.89. The summed E-state index contributed by atoms with van der Waals surface area (Å²) in [5.74, 6) is -2.14. The van der Waals surface area contributed by atoms with E-state index in [1.54, 1.807) is 0 Å². The van der Waals surface area contributed by atoms with Crippen molar-refractivity contribution in [2.24, 2.45) is 0 Å². The number of piperidine rings is 1. The molecule has 0 unspecified atom stereocenters. The first-order valence-corrected chi connectivity index (χ1v) is 10.3. The van der Waals surface area contributed by atoms with E-state index in [-0.39, 0.29) is 36.5 Å². The quantitative estimate of drug-likeness (QED) is 0.639. The number of sulfonamides is 1. The van der Waals surface area contributed by atoms with Crippen LogP contribution in [-0.2, 0) is 10.0 Å². The van der Waals surface area contributed by atoms with Crippen LogP contribution in [-0.4, -0.2) is 36.0 Å². The number of rotatable bonds is 4. The Labute approximate surface area is 165 Å². The second-order valence-corrected chi connectivity index (χ2v) is 8.71. The molecule has 29 heavy (non-hydrogen) atoms. The maximum absolute atomic E-state index is 13.5. The van der Waals surface area contributed by atoms with Crippen molar-refractivity contribution in [1.82, 2.24) is 14.4 Å². The van der Waals surface area contributed by atoms with Crippen molar-refractivity contribution in [3.05, 3.63) is 65.8 Å². The Bertz CT molecular complexity index is 1110. The zero-order valence-corrected chi connectivity index (χ0v) is 15.9. The highest BCUT2D eigenvalue weighted by Gasteiger charge is 2.34. The SMILES string of the molecule is O=S(=O)(c1cc(F)cc(F)c1)N1CCC[C@@H](c2nc(-c3ccc(F)cc3)no2)C1. The summed E-state index contributed by atoms with van der Waals surface area (Å²) in [6.45, 7) is 0.265. The molecule has 152 valence electrons. The van der Waals surface area contributed by atoms with Crippen LogP contribution in [0.25, 0.3) is 11.4 Å². The van der Waals surface area contributed by atoms with E-state index < -0.39 is 26.6 Å². The molecule has 1 fully saturated rings. The van der Waals surface area contributed by atoms with Crippen LogP contribution in [0.4, 0.5) is 13.2 Å². The first kappa shape index (κ1) is 19.6. The molecule has 4 rings (SSSR count). The van der Waals surface area contributed by atoms with E-state index in [0.29, 0.717) is 24.5 Å². The van der Waals surface area contributed by atoms with Gasteiger partial charge in [0.15, 0.2) is 0 Å². The van der Waals surface area contributed by atoms with Crippen LogP contribution in [0, 0.1) is 17.5 Å². The molecule has 0 aliphatic carbocycles. The predicted molar refractivity (Wildman–Crippen MR) is 96.8 cm³/mol. The fourth-order valence-corrected chi connectivity index (χ4v) is 4.87. The lowest BCUT2D eigenvalue weighted by Gasteiger charge is -2.30. The lowest BCUT2D eigenvalue weighted by atomic mass is 10.00. The van der Waals surface area contributed by atoms with Crippen LogP contribution in [0.5, 0.6) is 0 Å². The van der Waals surface area contributed by atoms with E-state index in [1.165, 1.54) is 24.3 Å². The molecule has 1 aliphatic rings. The Kier molecular flexibility index (Phi) is 5.13. The molecule has 0 radical (unpaired) electrons. The lowest BCUT2D eigenvalue weighted by molar-refractivity contribution is 0.265. The summed E-state index contributed by atoms with van der Waals surface area (Å²) >= 11 is 0. The molecule has 0 amide bonds. The highest BCUT2D eigenvalue weighted by molar-refractivity contribution is 7.89. The van der Waals surface area contributed by atoms with Gasteiger partial charge in [0.25, 0.3) is 0 Å². The molecule has 2 heterocycles. The molecular weight excluding hydrogens is 407 g/mol. The van der Waals surface area contributed by atoms with Gasteiger partial charge in [0, 0.05) is 24.7 Å². The zero-order valence-electron chi connectivity index (χ0n) is 15.1. The van der Waals surface area contributed by atoms with Gasteiger partial charge in [-0.25, -0.2) is 21.6 Å². The fourth-order valence-electron chi connectivity index (χ4n) is 3.31. The molecule has 0 N–H and O–H groups in total. The van der Waals surface area contributed by atoms with Gasteiger partial charge in [0.2, 0.25) is 21.7 Å². The van der Waals surface area contributed by atoms with Crippen LogP contribution in [0.3, 0.4) is 0 Å². The van der Waals surface area contributed by atoms with Crippen LogP contribution in [0.15, 0.2) is 51.9 Å². The third kappa shape index (κ3) is 4.03. The van der Waals surface area contributed by atoms with Crippen LogP contribution >= 0.6 is 0 Å². The van der Waals surface area contributed by atoms with Gasteiger partial charge in [-0.2, -0.15) is 9.29 Å². The molecule has 1 saturated heterocycles. The normalized spacial score (nSPS) is 18.1. The maximum atomic E-state index is 13.5. The minimum atomic E-state index is -4.08. The topological polar surface area (TPSA) is 76.3 Å². The van der Waals surface area contributed by atoms with Crippen molar-refractivity contribution >= 4 is 10.0 Å². The van der Waals surface area contributed by atoms with Gasteiger partial charge in [-0.1, -0.05) is 5.16 Å². The van der Waals surface area contributed by atoms with Crippen molar-refractivity contribution in [2.75, 3.05) is 13.1 Å². The van der Waals surface area contributed by atoms with Crippen LogP contribution < -0.4 is 0 Å². The molecule has 0 spiro atoms. The van der Waals surface area contributed by atoms with Crippen molar-refractivity contribution in [1.29, 1.82) is 0 Å². The molecule has 1 aromatic heterocycles. The van der Waals surface area contributed by atoms with Gasteiger partial charge >= 0.3 is 0 Å². The Morgan fingerprint density at radius 2 is 1.69 bits per heavy atom. The van der Waals surface area contributed by atoms with Gasteiger partial charge in [0.05, 0.1) is 10.8 Å². The minimum absolute atomic E-state index is 0.0471. The fraction of sp³-hybridized carbons (Fsp3) is 0.263. The monoisotopic (exact) mass is 423 g/mol. The van der Waals surface area contributed by atoms with Gasteiger partial charge in [-0.3, -0.25) is 0 Å². The molecule has 6 nitrogen and oxygen atoms in total. The second-order valence-electron chi connectivity index (χ2n) is 6.77. The summed E-state index contributed by atoms with van der Waals surface area (Å²) in [6.07, 6.45) is 1.14. The average molecular weight is 423 g/mol. The number of hydrogen-bond donors (Lipinski definition) is 0. The van der Waals surface area contributed by atoms with Gasteiger partial charge in [-0.05, 0) is 49.2 Å². The Morgan fingerprint density at radius 1 is 1.00 bits per heavy atom. The van der Waals surface area contributed by atoms with Crippen LogP contribution in [0.1, 0.15) is 24.7 Å². The first-order chi connectivity index (χ1) is 13.8. The number of benzene rings is 2. The number of hydrogen-bond acceptors (Lipinski definition) is 5. The smallest absolute Gasteiger partial charge is 0.243 e. The van der Waals surface area contributed by atoms with Gasteiger partial charge in [-0.15, -0.1) is 0 Å². The summed E-state index contributed by atoms with van der Waals surface area (Å²) in [5, 5.41) is 3.88. The maximum Gasteiger partial charge on any atom is 0.243 e. The van der Waals surface area contributed by atoms with E-state index in [1.807, 2.05) is 0 Å². The molecule has 1 aliphatic heterocycles. The summed E-state index contributed by atoms with van der Waals surface area (Å²) in [4.78, 5) is 3.87. The lowest BCUT2D eigenvalue weighted by Crippen LogP contribution is -2.39. The molecule has 10 heteroatoms. The highest BCUT2D eigenvalue weighted by atomic mass is 32.2. The standard InChI is InChI=1S/C19H16F3N3O3S/c20-14-5-3-12(4-6-14)18-23-19(28-24-18)13-2-1-7-25(11-13)29(26,27)17-9-15(21)8-16(22)10-17/h3-6,8-10,13H,1-2,7,11H2/t13-/m1/s1. The summed E-state index contributed by atoms with van der Waals surface area (Å²) in [6, 6.07) is 7.78. The van der Waals surface area contributed by atoms with Crippen molar-refractivity contribution in [2.45, 2.75) is 23.7 Å². The molecule has 1 atom stereocenters. The number of nitrogens with zero attached hydrogens (tertiary/aromatic N) is 3. The third-order valence-electron chi connectivity index (χ3n) is 4.75. The van der Waals surface area contributed by atoms with E-state index in [2.05, 4.69) is 10.1 Å². The largest absolute Gasteiger partial charge is 0.339 e.